The quantitative estimate of drug-likeness (QED) is 0.704. The fourth-order valence-corrected chi connectivity index (χ4v) is 2.95. The molecule has 21 heavy (non-hydrogen) atoms. The second kappa shape index (κ2) is 6.41. The van der Waals surface area contributed by atoms with E-state index in [9.17, 15) is 18.3 Å². The maximum Gasteiger partial charge on any atom is 0.306 e. The number of aliphatic hydroxyl groups is 1. The number of hydrogen-bond acceptors (Lipinski definition) is 5. The molecule has 0 saturated carbocycles. The van der Waals surface area contributed by atoms with E-state index in [0.29, 0.717) is 0 Å². The predicted molar refractivity (Wildman–Crippen MR) is 74.2 cm³/mol. The van der Waals surface area contributed by atoms with Crippen molar-refractivity contribution in [3.05, 3.63) is 28.8 Å². The molecule has 0 fully saturated rings. The number of benzene rings is 1. The largest absolute Gasteiger partial charge is 0.481 e. The molecule has 0 aromatic heterocycles. The molecule has 1 unspecified atom stereocenters. The Morgan fingerprint density at radius 1 is 1.52 bits per heavy atom. The van der Waals surface area contributed by atoms with Gasteiger partial charge in [-0.3, -0.25) is 4.79 Å². The van der Waals surface area contributed by atoms with Gasteiger partial charge < -0.3 is 10.2 Å². The minimum Gasteiger partial charge on any atom is -0.481 e. The van der Waals surface area contributed by atoms with Gasteiger partial charge in [-0.1, -0.05) is 11.6 Å². The van der Waals surface area contributed by atoms with Crippen molar-refractivity contribution in [3.63, 3.8) is 0 Å². The maximum absolute atomic E-state index is 12.0. The lowest BCUT2D eigenvalue weighted by atomic mass is 10.0. The number of nitrogens with zero attached hydrogens (tertiary/aromatic N) is 1. The van der Waals surface area contributed by atoms with Gasteiger partial charge in [0.2, 0.25) is 10.0 Å². The first-order chi connectivity index (χ1) is 9.57. The SMILES string of the molecule is CC(O)(CNS(=O)(=O)c1ccc(C#N)c(Cl)c1)CC(=O)O. The molecule has 0 spiro atoms. The van der Waals surface area contributed by atoms with Crippen LogP contribution in [-0.4, -0.2) is 36.7 Å². The smallest absolute Gasteiger partial charge is 0.306 e. The average molecular weight is 333 g/mol. The summed E-state index contributed by atoms with van der Waals surface area (Å²) >= 11 is 5.75. The lowest BCUT2D eigenvalue weighted by molar-refractivity contribution is -0.141. The van der Waals surface area contributed by atoms with E-state index in [-0.39, 0.29) is 15.5 Å². The Balaban J connectivity index is 2.90. The van der Waals surface area contributed by atoms with Crippen molar-refractivity contribution in [3.8, 4) is 6.07 Å². The van der Waals surface area contributed by atoms with Gasteiger partial charge in [-0.15, -0.1) is 0 Å². The van der Waals surface area contributed by atoms with Crippen molar-refractivity contribution in [1.29, 1.82) is 5.26 Å². The third-order valence-electron chi connectivity index (χ3n) is 2.55. The van der Waals surface area contributed by atoms with E-state index < -0.39 is 34.6 Å². The van der Waals surface area contributed by atoms with Crippen LogP contribution in [-0.2, 0) is 14.8 Å². The molecule has 3 N–H and O–H groups in total. The fourth-order valence-electron chi connectivity index (χ4n) is 1.48. The van der Waals surface area contributed by atoms with Crippen LogP contribution in [0.3, 0.4) is 0 Å². The Morgan fingerprint density at radius 3 is 2.62 bits per heavy atom. The topological polar surface area (TPSA) is 127 Å². The minimum atomic E-state index is -3.97. The molecule has 0 aliphatic rings. The number of rotatable bonds is 6. The third-order valence-corrected chi connectivity index (χ3v) is 4.26. The molecule has 7 nitrogen and oxygen atoms in total. The van der Waals surface area contributed by atoms with Gasteiger partial charge in [0.25, 0.3) is 0 Å². The highest BCUT2D eigenvalue weighted by molar-refractivity contribution is 7.89. The molecule has 0 aliphatic carbocycles. The first kappa shape index (κ1) is 17.4. The van der Waals surface area contributed by atoms with Crippen LogP contribution in [0.2, 0.25) is 5.02 Å². The molecule has 1 aromatic rings. The number of carboxylic acids is 1. The lowest BCUT2D eigenvalue weighted by Crippen LogP contribution is -2.42. The van der Waals surface area contributed by atoms with Crippen LogP contribution in [0.1, 0.15) is 18.9 Å². The van der Waals surface area contributed by atoms with Crippen molar-refractivity contribution in [1.82, 2.24) is 4.72 Å². The monoisotopic (exact) mass is 332 g/mol. The molecule has 1 rings (SSSR count). The van der Waals surface area contributed by atoms with E-state index in [4.69, 9.17) is 22.0 Å². The zero-order valence-corrected chi connectivity index (χ0v) is 12.6. The standard InChI is InChI=1S/C12H13ClN2O5S/c1-12(18,5-11(16)17)7-15-21(19,20)9-3-2-8(6-14)10(13)4-9/h2-4,15,18H,5,7H2,1H3,(H,16,17). The van der Waals surface area contributed by atoms with Crippen LogP contribution in [0.15, 0.2) is 23.1 Å². The molecular formula is C12H13ClN2O5S. The van der Waals surface area contributed by atoms with Crippen LogP contribution in [0.25, 0.3) is 0 Å². The van der Waals surface area contributed by atoms with Gasteiger partial charge in [0.05, 0.1) is 27.5 Å². The van der Waals surface area contributed by atoms with Crippen molar-refractivity contribution in [2.75, 3.05) is 6.54 Å². The number of carbonyl (C=O) groups is 1. The number of carboxylic acid groups (broad SMARTS) is 1. The van der Waals surface area contributed by atoms with Crippen molar-refractivity contribution in [2.24, 2.45) is 0 Å². The van der Waals surface area contributed by atoms with E-state index in [1.165, 1.54) is 19.1 Å². The molecule has 0 amide bonds. The molecule has 0 heterocycles. The summed E-state index contributed by atoms with van der Waals surface area (Å²) in [5.41, 5.74) is -1.59. The number of sulfonamides is 1. The second-order valence-corrected chi connectivity index (χ2v) is 6.82. The van der Waals surface area contributed by atoms with Crippen LogP contribution in [0.4, 0.5) is 0 Å². The summed E-state index contributed by atoms with van der Waals surface area (Å²) in [5, 5.41) is 27.1. The first-order valence-corrected chi connectivity index (χ1v) is 7.57. The van der Waals surface area contributed by atoms with E-state index >= 15 is 0 Å². The number of hydrogen-bond donors (Lipinski definition) is 3. The molecular weight excluding hydrogens is 320 g/mol. The number of nitrogens with one attached hydrogen (secondary N) is 1. The predicted octanol–water partition coefficient (Wildman–Crippen LogP) is 0.716. The maximum atomic E-state index is 12.0. The summed E-state index contributed by atoms with van der Waals surface area (Å²) < 4.78 is 26.1. The summed E-state index contributed by atoms with van der Waals surface area (Å²) in [6.07, 6.45) is -0.607. The summed E-state index contributed by atoms with van der Waals surface area (Å²) in [6, 6.07) is 5.35. The third kappa shape index (κ3) is 4.99. The highest BCUT2D eigenvalue weighted by atomic mass is 35.5. The molecule has 9 heteroatoms. The van der Waals surface area contributed by atoms with Crippen molar-refractivity contribution < 1.29 is 23.4 Å². The molecule has 0 bridgehead atoms. The normalized spacial score (nSPS) is 14.2. The van der Waals surface area contributed by atoms with Crippen LogP contribution >= 0.6 is 11.6 Å². The Hall–Kier alpha value is -1.66. The zero-order chi connectivity index (χ0) is 16.3. The average Bonchev–Trinajstić information content (AvgIpc) is 2.35. The Kier molecular flexibility index (Phi) is 5.31. The van der Waals surface area contributed by atoms with Crippen LogP contribution in [0, 0.1) is 11.3 Å². The van der Waals surface area contributed by atoms with Crippen LogP contribution in [0.5, 0.6) is 0 Å². The highest BCUT2D eigenvalue weighted by Crippen LogP contribution is 2.20. The summed E-state index contributed by atoms with van der Waals surface area (Å²) in [7, 11) is -3.97. The van der Waals surface area contributed by atoms with Gasteiger partial charge in [0, 0.05) is 6.54 Å². The number of halogens is 1. The van der Waals surface area contributed by atoms with Crippen molar-refractivity contribution in [2.45, 2.75) is 23.8 Å². The Labute approximate surface area is 126 Å². The molecule has 1 atom stereocenters. The molecule has 114 valence electrons. The minimum absolute atomic E-state index is 0.0160. The van der Waals surface area contributed by atoms with Gasteiger partial charge in [-0.05, 0) is 25.1 Å². The van der Waals surface area contributed by atoms with Crippen LogP contribution < -0.4 is 4.72 Å². The summed E-state index contributed by atoms with van der Waals surface area (Å²) in [4.78, 5) is 10.4. The number of aliphatic carboxylic acids is 1. The Bertz CT molecular complexity index is 694. The van der Waals surface area contributed by atoms with E-state index in [1.807, 2.05) is 0 Å². The summed E-state index contributed by atoms with van der Waals surface area (Å²) in [5.74, 6) is -1.25. The Morgan fingerprint density at radius 2 is 2.14 bits per heavy atom. The molecule has 0 saturated heterocycles. The van der Waals surface area contributed by atoms with Gasteiger partial charge >= 0.3 is 5.97 Å². The zero-order valence-electron chi connectivity index (χ0n) is 11.0. The van der Waals surface area contributed by atoms with Crippen molar-refractivity contribution >= 4 is 27.6 Å². The van der Waals surface area contributed by atoms with Gasteiger partial charge in [-0.2, -0.15) is 5.26 Å². The second-order valence-electron chi connectivity index (χ2n) is 4.65. The fraction of sp³-hybridized carbons (Fsp3) is 0.333. The van der Waals surface area contributed by atoms with E-state index in [0.717, 1.165) is 6.07 Å². The highest BCUT2D eigenvalue weighted by Gasteiger charge is 2.27. The van der Waals surface area contributed by atoms with Gasteiger partial charge in [-0.25, -0.2) is 13.1 Å². The first-order valence-electron chi connectivity index (χ1n) is 5.71. The summed E-state index contributed by atoms with van der Waals surface area (Å²) in [6.45, 7) is 0.731. The van der Waals surface area contributed by atoms with Gasteiger partial charge in [0.1, 0.15) is 6.07 Å². The van der Waals surface area contributed by atoms with E-state index in [2.05, 4.69) is 4.72 Å². The molecule has 0 aliphatic heterocycles. The molecule has 1 aromatic carbocycles. The lowest BCUT2D eigenvalue weighted by Gasteiger charge is -2.21. The molecule has 0 radical (unpaired) electrons. The van der Waals surface area contributed by atoms with Gasteiger partial charge in [0.15, 0.2) is 0 Å². The van der Waals surface area contributed by atoms with E-state index in [1.54, 1.807) is 6.07 Å². The number of nitriles is 1.